The topological polar surface area (TPSA) is 101 Å². The van der Waals surface area contributed by atoms with Gasteiger partial charge in [0.2, 0.25) is 0 Å². The van der Waals surface area contributed by atoms with Gasteiger partial charge in [-0.3, -0.25) is 4.79 Å². The summed E-state index contributed by atoms with van der Waals surface area (Å²) in [5, 5.41) is 14.1. The van der Waals surface area contributed by atoms with Crippen molar-refractivity contribution < 1.29 is 4.79 Å². The van der Waals surface area contributed by atoms with Gasteiger partial charge in [-0.05, 0) is 37.6 Å². The molecule has 0 aliphatic heterocycles. The first-order valence-electron chi connectivity index (χ1n) is 8.83. The highest BCUT2D eigenvalue weighted by Gasteiger charge is 2.13. The molecule has 1 aromatic carbocycles. The zero-order chi connectivity index (χ0) is 19.6. The Morgan fingerprint density at radius 2 is 2.00 bits per heavy atom. The number of carbonyl (C=O) groups is 1. The Morgan fingerprint density at radius 3 is 2.63 bits per heavy atom. The van der Waals surface area contributed by atoms with E-state index in [0.717, 1.165) is 19.3 Å². The van der Waals surface area contributed by atoms with Gasteiger partial charge in [0.15, 0.2) is 17.3 Å². The van der Waals surface area contributed by atoms with Gasteiger partial charge in [-0.15, -0.1) is 10.2 Å². The maximum absolute atomic E-state index is 12.7. The Labute approximate surface area is 159 Å². The molecule has 142 valence electrons. The van der Waals surface area contributed by atoms with Crippen LogP contribution in [0.15, 0.2) is 30.3 Å². The van der Waals surface area contributed by atoms with E-state index >= 15 is 0 Å². The summed E-state index contributed by atoms with van der Waals surface area (Å²) in [5.41, 5.74) is 7.07. The lowest BCUT2D eigenvalue weighted by atomic mass is 10.1. The molecule has 0 bridgehead atoms. The Kier molecular flexibility index (Phi) is 7.52. The third-order valence-electron chi connectivity index (χ3n) is 3.92. The van der Waals surface area contributed by atoms with Crippen LogP contribution >= 0.6 is 0 Å². The summed E-state index contributed by atoms with van der Waals surface area (Å²) in [4.78, 5) is 17.9. The zero-order valence-electron chi connectivity index (χ0n) is 15.7. The van der Waals surface area contributed by atoms with Crippen molar-refractivity contribution in [1.29, 1.82) is 0 Å². The second-order valence-corrected chi connectivity index (χ2v) is 6.24. The molecule has 0 radical (unpaired) electrons. The Hall–Kier alpha value is -3.18. The van der Waals surface area contributed by atoms with Crippen LogP contribution in [-0.4, -0.2) is 43.3 Å². The number of rotatable bonds is 9. The fraction of sp³-hybridized carbons (Fsp3) is 0.368. The number of nitrogens with two attached hydrogens (primary N) is 1. The van der Waals surface area contributed by atoms with Crippen molar-refractivity contribution in [3.05, 3.63) is 47.3 Å². The highest BCUT2D eigenvalue weighted by Crippen LogP contribution is 2.24. The average molecular weight is 367 g/mol. The number of hydrogen-bond acceptors (Lipinski definition) is 6. The van der Waals surface area contributed by atoms with Gasteiger partial charge >= 0.3 is 0 Å². The van der Waals surface area contributed by atoms with Gasteiger partial charge in [0.1, 0.15) is 0 Å². The predicted molar refractivity (Wildman–Crippen MR) is 108 cm³/mol. The van der Waals surface area contributed by atoms with E-state index in [9.17, 15) is 4.79 Å². The molecule has 0 spiro atoms. The zero-order valence-corrected chi connectivity index (χ0v) is 15.7. The lowest BCUT2D eigenvalue weighted by Crippen LogP contribution is -2.17. The molecule has 2 rings (SSSR count). The molecule has 2 aromatic rings. The first kappa shape index (κ1) is 20.1. The third-order valence-corrected chi connectivity index (χ3v) is 3.92. The van der Waals surface area contributed by atoms with E-state index in [1.165, 1.54) is 0 Å². The maximum atomic E-state index is 12.7. The number of amides is 1. The number of aromatic nitrogens is 2. The Morgan fingerprint density at radius 1 is 1.19 bits per heavy atom. The molecule has 0 atom stereocenters. The first-order chi connectivity index (χ1) is 13.0. The molecule has 0 aliphatic carbocycles. The predicted octanol–water partition coefficient (Wildman–Crippen LogP) is 2.89. The summed E-state index contributed by atoms with van der Waals surface area (Å²) >= 11 is 0. The molecular formula is C19H25N7O. The van der Waals surface area contributed by atoms with Crippen molar-refractivity contribution in [2.45, 2.75) is 19.3 Å². The van der Waals surface area contributed by atoms with Gasteiger partial charge < -0.3 is 21.3 Å². The highest BCUT2D eigenvalue weighted by atomic mass is 16.1. The maximum Gasteiger partial charge on any atom is 0.258 e. The summed E-state index contributed by atoms with van der Waals surface area (Å²) in [6.07, 6.45) is 2.93. The first-order valence-corrected chi connectivity index (χ1v) is 8.83. The molecule has 1 aromatic heterocycles. The van der Waals surface area contributed by atoms with E-state index in [-0.39, 0.29) is 5.91 Å². The molecule has 0 saturated heterocycles. The van der Waals surface area contributed by atoms with Crippen LogP contribution in [0.2, 0.25) is 0 Å². The number of anilines is 3. The number of nitrogens with one attached hydrogen (secondary N) is 2. The standard InChI is InChI=1S/C19H25N7O/c1-21-14-7-8-15(16(13-14)22-12-6-4-5-11-20)19(27)23-17-9-10-18(25-24-17)26(2)3/h7-10,13,22H,4-6,11-12,20H2,2-3H3,(H,23,24,27). The van der Waals surface area contributed by atoms with Crippen molar-refractivity contribution in [3.63, 3.8) is 0 Å². The van der Waals surface area contributed by atoms with E-state index in [4.69, 9.17) is 12.3 Å². The van der Waals surface area contributed by atoms with E-state index in [0.29, 0.717) is 41.7 Å². The van der Waals surface area contributed by atoms with Crippen LogP contribution in [0.3, 0.4) is 0 Å². The molecule has 27 heavy (non-hydrogen) atoms. The smallest absolute Gasteiger partial charge is 0.258 e. The van der Waals surface area contributed by atoms with Crippen LogP contribution in [0, 0.1) is 6.57 Å². The van der Waals surface area contributed by atoms with Crippen molar-refractivity contribution in [2.75, 3.05) is 42.7 Å². The minimum atomic E-state index is -0.303. The minimum Gasteiger partial charge on any atom is -0.385 e. The van der Waals surface area contributed by atoms with Crippen LogP contribution in [0.4, 0.5) is 23.0 Å². The van der Waals surface area contributed by atoms with Crippen molar-refractivity contribution >= 4 is 28.9 Å². The van der Waals surface area contributed by atoms with Crippen LogP contribution < -0.4 is 21.3 Å². The van der Waals surface area contributed by atoms with E-state index in [2.05, 4.69) is 25.7 Å². The summed E-state index contributed by atoms with van der Waals surface area (Å²) in [6.45, 7) is 8.56. The summed E-state index contributed by atoms with van der Waals surface area (Å²) < 4.78 is 0. The van der Waals surface area contributed by atoms with Gasteiger partial charge in [-0.1, -0.05) is 18.6 Å². The van der Waals surface area contributed by atoms with Gasteiger partial charge in [0.25, 0.3) is 5.91 Å². The van der Waals surface area contributed by atoms with Crippen molar-refractivity contribution in [1.82, 2.24) is 10.2 Å². The number of carbonyl (C=O) groups excluding carboxylic acids is 1. The lowest BCUT2D eigenvalue weighted by Gasteiger charge is -2.13. The fourth-order valence-electron chi connectivity index (χ4n) is 2.43. The summed E-state index contributed by atoms with van der Waals surface area (Å²) in [6, 6.07) is 8.44. The van der Waals surface area contributed by atoms with Gasteiger partial charge in [0, 0.05) is 26.3 Å². The van der Waals surface area contributed by atoms with Gasteiger partial charge in [0.05, 0.1) is 12.1 Å². The van der Waals surface area contributed by atoms with E-state index in [1.807, 2.05) is 19.0 Å². The molecule has 1 heterocycles. The van der Waals surface area contributed by atoms with Crippen LogP contribution in [0.5, 0.6) is 0 Å². The fourth-order valence-corrected chi connectivity index (χ4v) is 2.43. The quantitative estimate of drug-likeness (QED) is 0.465. The normalized spacial score (nSPS) is 10.1. The number of unbranched alkanes of at least 4 members (excludes halogenated alkanes) is 2. The Bertz CT molecular complexity index is 797. The molecule has 0 fully saturated rings. The van der Waals surface area contributed by atoms with Crippen LogP contribution in [-0.2, 0) is 0 Å². The summed E-state index contributed by atoms with van der Waals surface area (Å²) in [5.74, 6) is 0.769. The van der Waals surface area contributed by atoms with Gasteiger partial charge in [-0.25, -0.2) is 4.85 Å². The second-order valence-electron chi connectivity index (χ2n) is 6.24. The Balaban J connectivity index is 2.10. The minimum absolute atomic E-state index is 0.303. The largest absolute Gasteiger partial charge is 0.385 e. The van der Waals surface area contributed by atoms with Crippen molar-refractivity contribution in [3.8, 4) is 0 Å². The van der Waals surface area contributed by atoms with Gasteiger partial charge in [-0.2, -0.15) is 0 Å². The number of nitrogens with zero attached hydrogens (tertiary/aromatic N) is 4. The molecule has 0 aliphatic rings. The highest BCUT2D eigenvalue weighted by molar-refractivity contribution is 6.08. The van der Waals surface area contributed by atoms with Crippen LogP contribution in [0.25, 0.3) is 4.85 Å². The summed E-state index contributed by atoms with van der Waals surface area (Å²) in [7, 11) is 3.74. The second kappa shape index (κ2) is 10.1. The molecule has 8 heteroatoms. The van der Waals surface area contributed by atoms with E-state index in [1.54, 1.807) is 30.3 Å². The molecule has 1 amide bonds. The monoisotopic (exact) mass is 367 g/mol. The van der Waals surface area contributed by atoms with E-state index < -0.39 is 0 Å². The number of benzene rings is 1. The molecule has 0 saturated carbocycles. The van der Waals surface area contributed by atoms with Crippen LogP contribution in [0.1, 0.15) is 29.6 Å². The SMILES string of the molecule is [C-]#[N+]c1ccc(C(=O)Nc2ccc(N(C)C)nn2)c(NCCCCCN)c1. The van der Waals surface area contributed by atoms with Crippen molar-refractivity contribution in [2.24, 2.45) is 5.73 Å². The molecule has 4 N–H and O–H groups in total. The lowest BCUT2D eigenvalue weighted by molar-refractivity contribution is 0.102. The third kappa shape index (κ3) is 5.94. The number of hydrogen-bond donors (Lipinski definition) is 3. The molecular weight excluding hydrogens is 342 g/mol. The molecule has 8 nitrogen and oxygen atoms in total. The molecule has 0 unspecified atom stereocenters. The average Bonchev–Trinajstić information content (AvgIpc) is 2.68.